The zero-order chi connectivity index (χ0) is 12.0. The number of esters is 1. The van der Waals surface area contributed by atoms with Crippen LogP contribution in [0, 0.1) is 0 Å². The normalized spacial score (nSPS) is 11.9. The van der Waals surface area contributed by atoms with Crippen molar-refractivity contribution in [3.63, 3.8) is 0 Å². The van der Waals surface area contributed by atoms with Gasteiger partial charge in [0.1, 0.15) is 6.04 Å². The number of hydrogen-bond donors (Lipinski definition) is 3. The molecule has 0 aliphatic heterocycles. The van der Waals surface area contributed by atoms with E-state index in [4.69, 9.17) is 17.0 Å². The van der Waals surface area contributed by atoms with Gasteiger partial charge in [0.25, 0.3) is 0 Å². The van der Waals surface area contributed by atoms with E-state index < -0.39 is 12.0 Å². The van der Waals surface area contributed by atoms with Gasteiger partial charge in [-0.05, 0) is 35.9 Å². The van der Waals surface area contributed by atoms with Crippen LogP contribution in [-0.4, -0.2) is 24.3 Å². The Morgan fingerprint density at radius 2 is 2.12 bits per heavy atom. The summed E-state index contributed by atoms with van der Waals surface area (Å²) in [5.74, 6) is -0.417. The number of carbonyl (C=O) groups is 1. The van der Waals surface area contributed by atoms with Crippen molar-refractivity contribution >= 4 is 23.4 Å². The Hall–Kier alpha value is -1.30. The topological polar surface area (TPSA) is 70.6 Å². The lowest BCUT2D eigenvalue weighted by Crippen LogP contribution is -2.33. The van der Waals surface area contributed by atoms with E-state index in [9.17, 15) is 4.79 Å². The summed E-state index contributed by atoms with van der Waals surface area (Å²) in [5.41, 5.74) is 3.51. The van der Waals surface area contributed by atoms with Crippen LogP contribution in [0.25, 0.3) is 0 Å². The number of anilines is 1. The zero-order valence-corrected chi connectivity index (χ0v) is 9.49. The van der Waals surface area contributed by atoms with Gasteiger partial charge in [0.15, 0.2) is 0 Å². The van der Waals surface area contributed by atoms with Crippen LogP contribution in [0.1, 0.15) is 5.56 Å². The smallest absolute Gasteiger partial charge is 0.324 e. The molecule has 0 amide bonds. The first-order valence-corrected chi connectivity index (χ1v) is 5.02. The Balaban J connectivity index is 2.66. The summed E-state index contributed by atoms with van der Waals surface area (Å²) in [4.78, 5) is 13.6. The highest BCUT2D eigenvalue weighted by Gasteiger charge is 2.18. The molecule has 0 heterocycles. The molecule has 0 fully saturated rings. The van der Waals surface area contributed by atoms with Gasteiger partial charge in [-0.1, -0.05) is 12.1 Å². The van der Waals surface area contributed by atoms with E-state index >= 15 is 0 Å². The minimum Gasteiger partial charge on any atom is -0.468 e. The molecule has 0 aromatic heterocycles. The van der Waals surface area contributed by atoms with Crippen LogP contribution in [0.3, 0.4) is 0 Å². The molecule has 1 atom stereocenters. The van der Waals surface area contributed by atoms with E-state index in [0.29, 0.717) is 12.1 Å². The molecule has 6 heteroatoms. The number of benzene rings is 1. The van der Waals surface area contributed by atoms with Crippen LogP contribution in [0.5, 0.6) is 0 Å². The van der Waals surface area contributed by atoms with Crippen LogP contribution in [-0.2, 0) is 16.0 Å². The van der Waals surface area contributed by atoms with Gasteiger partial charge in [-0.2, -0.15) is 0 Å². The van der Waals surface area contributed by atoms with Crippen molar-refractivity contribution in [2.24, 2.45) is 0 Å². The number of ether oxygens (including phenoxy) is 1. The fourth-order valence-corrected chi connectivity index (χ4v) is 1.43. The van der Waals surface area contributed by atoms with Crippen molar-refractivity contribution in [3.8, 4) is 0 Å². The summed E-state index contributed by atoms with van der Waals surface area (Å²) < 4.78 is 4.58. The lowest BCUT2D eigenvalue weighted by Gasteiger charge is -2.12. The molecule has 1 aromatic carbocycles. The molecule has 0 bridgehead atoms. The number of rotatable bonds is 5. The van der Waals surface area contributed by atoms with Gasteiger partial charge in [-0.3, -0.25) is 15.5 Å². The molecule has 1 rings (SSSR count). The summed E-state index contributed by atoms with van der Waals surface area (Å²) in [6.45, 7) is 0. The third-order valence-corrected chi connectivity index (χ3v) is 2.40. The summed E-state index contributed by atoms with van der Waals surface area (Å²) in [5, 5.41) is 8.63. The maximum absolute atomic E-state index is 11.2. The van der Waals surface area contributed by atoms with Gasteiger partial charge < -0.3 is 4.74 Å². The number of nitrogens with one attached hydrogen (secondary N) is 2. The SMILES string of the molecule is COC(=O)[C@H](Cc1ccc(NO)cc1)NCl. The molecule has 3 N–H and O–H groups in total. The largest absolute Gasteiger partial charge is 0.468 e. The molecule has 0 spiro atoms. The molecule has 0 aliphatic rings. The highest BCUT2D eigenvalue weighted by Crippen LogP contribution is 2.11. The molecule has 0 unspecified atom stereocenters. The average molecular weight is 245 g/mol. The molecule has 16 heavy (non-hydrogen) atoms. The van der Waals surface area contributed by atoms with Gasteiger partial charge in [-0.15, -0.1) is 0 Å². The molecular formula is C10H13ClN2O3. The van der Waals surface area contributed by atoms with Crippen LogP contribution >= 0.6 is 11.8 Å². The van der Waals surface area contributed by atoms with Gasteiger partial charge in [0, 0.05) is 0 Å². The van der Waals surface area contributed by atoms with Crippen molar-refractivity contribution in [2.45, 2.75) is 12.5 Å². The fourth-order valence-electron chi connectivity index (χ4n) is 1.26. The molecular weight excluding hydrogens is 232 g/mol. The number of hydrogen-bond acceptors (Lipinski definition) is 5. The van der Waals surface area contributed by atoms with Crippen LogP contribution in [0.4, 0.5) is 5.69 Å². The van der Waals surface area contributed by atoms with Gasteiger partial charge in [-0.25, -0.2) is 4.84 Å². The zero-order valence-electron chi connectivity index (χ0n) is 8.74. The Bertz CT molecular complexity index is 342. The highest BCUT2D eigenvalue weighted by molar-refractivity contribution is 6.14. The third-order valence-electron chi connectivity index (χ3n) is 2.14. The maximum Gasteiger partial charge on any atom is 0.324 e. The second-order valence-corrected chi connectivity index (χ2v) is 3.42. The van der Waals surface area contributed by atoms with E-state index in [1.807, 2.05) is 5.48 Å². The summed E-state index contributed by atoms with van der Waals surface area (Å²) >= 11 is 5.45. The molecule has 0 radical (unpaired) electrons. The average Bonchev–Trinajstić information content (AvgIpc) is 2.35. The Kier molecular flexibility index (Phi) is 5.04. The molecule has 88 valence electrons. The van der Waals surface area contributed by atoms with Gasteiger partial charge >= 0.3 is 5.97 Å². The fraction of sp³-hybridized carbons (Fsp3) is 0.300. The van der Waals surface area contributed by atoms with E-state index in [1.165, 1.54) is 7.11 Å². The van der Waals surface area contributed by atoms with Crippen molar-refractivity contribution in [2.75, 3.05) is 12.6 Å². The van der Waals surface area contributed by atoms with E-state index in [0.717, 1.165) is 5.56 Å². The maximum atomic E-state index is 11.2. The number of carbonyl (C=O) groups excluding carboxylic acids is 1. The summed E-state index contributed by atoms with van der Waals surface area (Å²) in [7, 11) is 1.31. The van der Waals surface area contributed by atoms with Crippen LogP contribution in [0.15, 0.2) is 24.3 Å². The minimum absolute atomic E-state index is 0.417. The second-order valence-electron chi connectivity index (χ2n) is 3.20. The molecule has 0 aliphatic carbocycles. The predicted octanol–water partition coefficient (Wildman–Crippen LogP) is 1.32. The Labute approximate surface area is 98.4 Å². The van der Waals surface area contributed by atoms with Crippen molar-refractivity contribution in [1.82, 2.24) is 4.84 Å². The second kappa shape index (κ2) is 6.32. The van der Waals surface area contributed by atoms with E-state index in [-0.39, 0.29) is 0 Å². The van der Waals surface area contributed by atoms with Crippen LogP contribution in [0.2, 0.25) is 0 Å². The first-order valence-electron chi connectivity index (χ1n) is 4.64. The molecule has 1 aromatic rings. The van der Waals surface area contributed by atoms with Gasteiger partial charge in [0.05, 0.1) is 12.8 Å². The molecule has 0 saturated carbocycles. The number of halogens is 1. The first kappa shape index (κ1) is 12.8. The van der Waals surface area contributed by atoms with Crippen molar-refractivity contribution in [1.29, 1.82) is 0 Å². The van der Waals surface area contributed by atoms with Gasteiger partial charge in [0.2, 0.25) is 0 Å². The number of methoxy groups -OCH3 is 1. The highest BCUT2D eigenvalue weighted by atomic mass is 35.5. The Morgan fingerprint density at radius 1 is 1.50 bits per heavy atom. The first-order chi connectivity index (χ1) is 7.71. The van der Waals surface area contributed by atoms with E-state index in [2.05, 4.69) is 9.57 Å². The molecule has 5 nitrogen and oxygen atoms in total. The van der Waals surface area contributed by atoms with Crippen molar-refractivity contribution in [3.05, 3.63) is 29.8 Å². The summed E-state index contributed by atoms with van der Waals surface area (Å²) in [6, 6.07) is 6.36. The van der Waals surface area contributed by atoms with E-state index in [1.54, 1.807) is 24.3 Å². The predicted molar refractivity (Wildman–Crippen MR) is 60.3 cm³/mol. The standard InChI is InChI=1S/C10H13ClN2O3/c1-16-10(14)9(12-11)6-7-2-4-8(13-15)5-3-7/h2-5,9,12-13,15H,6H2,1H3/t9-/m0/s1. The third kappa shape index (κ3) is 3.37. The lowest BCUT2D eigenvalue weighted by atomic mass is 10.1. The minimum atomic E-state index is -0.584. The Morgan fingerprint density at radius 3 is 2.56 bits per heavy atom. The lowest BCUT2D eigenvalue weighted by molar-refractivity contribution is -0.142. The summed E-state index contributed by atoms with van der Waals surface area (Å²) in [6.07, 6.45) is 0.419. The monoisotopic (exact) mass is 244 g/mol. The molecule has 0 saturated heterocycles. The van der Waals surface area contributed by atoms with Crippen LogP contribution < -0.4 is 10.3 Å². The quantitative estimate of drug-likeness (QED) is 0.414. The van der Waals surface area contributed by atoms with Crippen molar-refractivity contribution < 1.29 is 14.7 Å².